The number of ether oxygens (including phenoxy) is 3. The Labute approximate surface area is 212 Å². The highest BCUT2D eigenvalue weighted by Crippen LogP contribution is 2.45. The molecule has 2 aliphatic heterocycles. The normalized spacial score (nSPS) is 20.3. The molecule has 0 spiro atoms. The zero-order valence-electron chi connectivity index (χ0n) is 20.8. The number of piperidine rings is 1. The zero-order chi connectivity index (χ0) is 24.6. The summed E-state index contributed by atoms with van der Waals surface area (Å²) in [4.78, 5) is 15.5. The molecular weight excluding hydrogens is 450 g/mol. The molecule has 0 saturated carbocycles. The van der Waals surface area contributed by atoms with Crippen molar-refractivity contribution in [3.05, 3.63) is 89.5 Å². The maximum absolute atomic E-state index is 13.5. The van der Waals surface area contributed by atoms with Crippen molar-refractivity contribution in [2.45, 2.75) is 43.7 Å². The fraction of sp³-hybridized carbons (Fsp3) is 0.323. The summed E-state index contributed by atoms with van der Waals surface area (Å²) in [6, 6.07) is 22.9. The molecule has 2 unspecified atom stereocenters. The van der Waals surface area contributed by atoms with E-state index in [-0.39, 0.29) is 24.1 Å². The van der Waals surface area contributed by atoms with Crippen LogP contribution in [0.1, 0.15) is 48.3 Å². The summed E-state index contributed by atoms with van der Waals surface area (Å²) < 4.78 is 17.2. The second-order valence-corrected chi connectivity index (χ2v) is 9.83. The van der Waals surface area contributed by atoms with E-state index in [2.05, 4.69) is 54.6 Å². The van der Waals surface area contributed by atoms with Crippen LogP contribution in [0.25, 0.3) is 16.7 Å². The molecule has 1 aliphatic carbocycles. The van der Waals surface area contributed by atoms with Gasteiger partial charge in [0.1, 0.15) is 18.1 Å². The second kappa shape index (κ2) is 9.38. The molecule has 3 aliphatic rings. The average Bonchev–Trinajstić information content (AvgIpc) is 3.24. The summed E-state index contributed by atoms with van der Waals surface area (Å²) in [7, 11) is 3.37. The maximum atomic E-state index is 13.5. The van der Waals surface area contributed by atoms with Crippen LogP contribution in [-0.2, 0) is 4.74 Å². The fourth-order valence-electron chi connectivity index (χ4n) is 6.25. The van der Waals surface area contributed by atoms with Gasteiger partial charge in [-0.15, -0.1) is 0 Å². The monoisotopic (exact) mass is 481 g/mol. The van der Waals surface area contributed by atoms with Gasteiger partial charge in [0.05, 0.1) is 20.3 Å². The molecule has 3 aromatic carbocycles. The minimum absolute atomic E-state index is 0.0269. The highest BCUT2D eigenvalue weighted by Gasteiger charge is 2.39. The van der Waals surface area contributed by atoms with Gasteiger partial charge in [0, 0.05) is 17.5 Å². The lowest BCUT2D eigenvalue weighted by Crippen LogP contribution is -2.51. The molecule has 1 fully saturated rings. The van der Waals surface area contributed by atoms with E-state index in [1.54, 1.807) is 14.2 Å². The van der Waals surface area contributed by atoms with Crippen LogP contribution in [0.4, 0.5) is 4.79 Å². The van der Waals surface area contributed by atoms with E-state index in [9.17, 15) is 4.79 Å². The Kier molecular flexibility index (Phi) is 5.92. The summed E-state index contributed by atoms with van der Waals surface area (Å²) in [5.41, 5.74) is 7.20. The lowest BCUT2D eigenvalue weighted by molar-refractivity contribution is 0.0538. The van der Waals surface area contributed by atoms with Crippen molar-refractivity contribution in [2.75, 3.05) is 20.8 Å². The minimum atomic E-state index is -0.209. The lowest BCUT2D eigenvalue weighted by atomic mass is 9.83. The van der Waals surface area contributed by atoms with E-state index in [1.807, 2.05) is 23.1 Å². The summed E-state index contributed by atoms with van der Waals surface area (Å²) in [6.07, 6.45) is 5.83. The minimum Gasteiger partial charge on any atom is -0.497 e. The predicted molar refractivity (Wildman–Crippen MR) is 140 cm³/mol. The number of fused-ring (bicyclic) bond motifs is 5. The molecule has 2 atom stereocenters. The van der Waals surface area contributed by atoms with Crippen molar-refractivity contribution < 1.29 is 19.0 Å². The van der Waals surface area contributed by atoms with Gasteiger partial charge in [-0.3, -0.25) is 4.90 Å². The first-order valence-corrected chi connectivity index (χ1v) is 12.7. The smallest absolute Gasteiger partial charge is 0.410 e. The van der Waals surface area contributed by atoms with Crippen LogP contribution in [0.2, 0.25) is 0 Å². The van der Waals surface area contributed by atoms with Crippen LogP contribution in [-0.4, -0.2) is 43.9 Å². The van der Waals surface area contributed by atoms with E-state index in [4.69, 9.17) is 14.2 Å². The van der Waals surface area contributed by atoms with Gasteiger partial charge in [-0.25, -0.2) is 4.79 Å². The van der Waals surface area contributed by atoms with Crippen molar-refractivity contribution >= 4 is 11.7 Å². The third kappa shape index (κ3) is 3.83. The molecule has 0 radical (unpaired) electrons. The molecule has 6 rings (SSSR count). The molecule has 2 bridgehead atoms. The molecule has 3 aromatic rings. The summed E-state index contributed by atoms with van der Waals surface area (Å²) in [5.74, 6) is 1.70. The SMILES string of the molecule is COc1ccc(OC)c(C2=CC3CCCC(C2)N3C(=O)OCC2c3ccccc3-c3ccccc32)c1. The molecule has 184 valence electrons. The molecule has 5 nitrogen and oxygen atoms in total. The Balaban J connectivity index is 1.23. The molecule has 1 saturated heterocycles. The van der Waals surface area contributed by atoms with Gasteiger partial charge in [-0.2, -0.15) is 0 Å². The van der Waals surface area contributed by atoms with Crippen molar-refractivity contribution in [3.63, 3.8) is 0 Å². The van der Waals surface area contributed by atoms with Gasteiger partial charge >= 0.3 is 6.09 Å². The van der Waals surface area contributed by atoms with Gasteiger partial charge in [0.15, 0.2) is 0 Å². The van der Waals surface area contributed by atoms with Crippen molar-refractivity contribution in [3.8, 4) is 22.6 Å². The first kappa shape index (κ1) is 22.7. The Morgan fingerprint density at radius 1 is 0.889 bits per heavy atom. The van der Waals surface area contributed by atoms with E-state index in [1.165, 1.54) is 27.8 Å². The number of methoxy groups -OCH3 is 2. The van der Waals surface area contributed by atoms with E-state index < -0.39 is 0 Å². The topological polar surface area (TPSA) is 48.0 Å². The van der Waals surface area contributed by atoms with E-state index in [0.29, 0.717) is 6.61 Å². The standard InChI is InChI=1S/C31H31NO4/c1-34-23-14-15-30(35-2)28(18-23)20-16-21-8-7-9-22(17-20)32(21)31(33)36-19-29-26-12-5-3-10-24(26)25-11-4-6-13-27(25)29/h3-6,10-16,18,21-22,29H,7-9,17,19H2,1-2H3. The van der Waals surface area contributed by atoms with Gasteiger partial charge in [0.2, 0.25) is 0 Å². The Hall–Kier alpha value is -3.73. The highest BCUT2D eigenvalue weighted by molar-refractivity contribution is 5.80. The van der Waals surface area contributed by atoms with Crippen LogP contribution >= 0.6 is 0 Å². The van der Waals surface area contributed by atoms with Gasteiger partial charge < -0.3 is 14.2 Å². The highest BCUT2D eigenvalue weighted by atomic mass is 16.6. The predicted octanol–water partition coefficient (Wildman–Crippen LogP) is 6.66. The number of rotatable bonds is 5. The van der Waals surface area contributed by atoms with Crippen molar-refractivity contribution in [1.29, 1.82) is 0 Å². The number of amides is 1. The summed E-state index contributed by atoms with van der Waals surface area (Å²) in [6.45, 7) is 0.350. The summed E-state index contributed by atoms with van der Waals surface area (Å²) >= 11 is 0. The molecular formula is C31H31NO4. The fourth-order valence-corrected chi connectivity index (χ4v) is 6.25. The maximum Gasteiger partial charge on any atom is 0.410 e. The Morgan fingerprint density at radius 3 is 2.28 bits per heavy atom. The van der Waals surface area contributed by atoms with Crippen LogP contribution in [0, 0.1) is 0 Å². The molecule has 0 N–H and O–H groups in total. The molecule has 1 amide bonds. The third-order valence-corrected chi connectivity index (χ3v) is 7.94. The molecule has 5 heteroatoms. The number of nitrogens with zero attached hydrogens (tertiary/aromatic N) is 1. The van der Waals surface area contributed by atoms with Crippen LogP contribution in [0.3, 0.4) is 0 Å². The average molecular weight is 482 g/mol. The number of hydrogen-bond donors (Lipinski definition) is 0. The van der Waals surface area contributed by atoms with E-state index in [0.717, 1.165) is 42.7 Å². The third-order valence-electron chi connectivity index (χ3n) is 7.94. The second-order valence-electron chi connectivity index (χ2n) is 9.83. The van der Waals surface area contributed by atoms with Crippen LogP contribution in [0.15, 0.2) is 72.8 Å². The quantitative estimate of drug-likeness (QED) is 0.409. The molecule has 2 heterocycles. The number of benzene rings is 3. The lowest BCUT2D eigenvalue weighted by Gasteiger charge is -2.44. The van der Waals surface area contributed by atoms with Gasteiger partial charge in [-0.05, 0) is 71.7 Å². The van der Waals surface area contributed by atoms with E-state index >= 15 is 0 Å². The number of carbonyl (C=O) groups is 1. The van der Waals surface area contributed by atoms with Gasteiger partial charge in [-0.1, -0.05) is 54.6 Å². The zero-order valence-corrected chi connectivity index (χ0v) is 20.8. The van der Waals surface area contributed by atoms with Crippen molar-refractivity contribution in [2.24, 2.45) is 0 Å². The first-order chi connectivity index (χ1) is 17.7. The van der Waals surface area contributed by atoms with Crippen LogP contribution < -0.4 is 9.47 Å². The summed E-state index contributed by atoms with van der Waals surface area (Å²) in [5, 5.41) is 0. The largest absolute Gasteiger partial charge is 0.497 e. The number of hydrogen-bond acceptors (Lipinski definition) is 4. The van der Waals surface area contributed by atoms with Crippen LogP contribution in [0.5, 0.6) is 11.5 Å². The number of carbonyl (C=O) groups excluding carboxylic acids is 1. The first-order valence-electron chi connectivity index (χ1n) is 12.7. The molecule has 0 aromatic heterocycles. The Bertz CT molecular complexity index is 1280. The molecule has 36 heavy (non-hydrogen) atoms. The van der Waals surface area contributed by atoms with Gasteiger partial charge in [0.25, 0.3) is 0 Å². The van der Waals surface area contributed by atoms with Crippen molar-refractivity contribution in [1.82, 2.24) is 4.90 Å². The Morgan fingerprint density at radius 2 is 1.61 bits per heavy atom.